The number of anilines is 1. The zero-order chi connectivity index (χ0) is 17.0. The zero-order valence-electron chi connectivity index (χ0n) is 13.9. The van der Waals surface area contributed by atoms with Crippen LogP contribution in [0.1, 0.15) is 25.3 Å². The van der Waals surface area contributed by atoms with E-state index in [0.717, 1.165) is 30.8 Å². The van der Waals surface area contributed by atoms with E-state index < -0.39 is 5.54 Å². The normalized spacial score (nSPS) is 19.8. The Morgan fingerprint density at radius 1 is 1.33 bits per heavy atom. The molecule has 2 atom stereocenters. The Balaban J connectivity index is 1.63. The average Bonchev–Trinajstić information content (AvgIpc) is 3.09. The predicted octanol–water partition coefficient (Wildman–Crippen LogP) is 1.44. The molecule has 6 heteroatoms. The summed E-state index contributed by atoms with van der Waals surface area (Å²) < 4.78 is 0. The number of amides is 1. The van der Waals surface area contributed by atoms with Crippen LogP contribution < -0.4 is 16.0 Å². The number of rotatable bonds is 5. The first kappa shape index (κ1) is 16.4. The number of aromatic nitrogens is 2. The first-order valence-electron chi connectivity index (χ1n) is 8.26. The summed E-state index contributed by atoms with van der Waals surface area (Å²) in [6, 6.07) is 13.5. The van der Waals surface area contributed by atoms with E-state index in [4.69, 9.17) is 5.73 Å². The van der Waals surface area contributed by atoms with Gasteiger partial charge in [0.15, 0.2) is 5.82 Å². The van der Waals surface area contributed by atoms with Crippen molar-refractivity contribution in [3.63, 3.8) is 0 Å². The van der Waals surface area contributed by atoms with Crippen molar-refractivity contribution in [2.24, 2.45) is 5.73 Å². The summed E-state index contributed by atoms with van der Waals surface area (Å²) in [6.07, 6.45) is 3.76. The van der Waals surface area contributed by atoms with Crippen LogP contribution in [0.25, 0.3) is 0 Å². The van der Waals surface area contributed by atoms with Gasteiger partial charge in [0.25, 0.3) is 0 Å². The lowest BCUT2D eigenvalue weighted by Gasteiger charge is -2.28. The van der Waals surface area contributed by atoms with Gasteiger partial charge in [-0.05, 0) is 37.5 Å². The van der Waals surface area contributed by atoms with Crippen molar-refractivity contribution in [3.05, 3.63) is 54.2 Å². The lowest BCUT2D eigenvalue weighted by Crippen LogP contribution is -2.51. The summed E-state index contributed by atoms with van der Waals surface area (Å²) in [4.78, 5) is 14.8. The molecule has 3 N–H and O–H groups in total. The molecule has 1 amide bonds. The maximum atomic E-state index is 12.6. The summed E-state index contributed by atoms with van der Waals surface area (Å²) in [6.45, 7) is 3.22. The molecule has 24 heavy (non-hydrogen) atoms. The number of benzene rings is 1. The fourth-order valence-corrected chi connectivity index (χ4v) is 3.11. The number of nitrogens with two attached hydrogens (primary N) is 1. The van der Waals surface area contributed by atoms with Crippen LogP contribution in [0.5, 0.6) is 0 Å². The second kappa shape index (κ2) is 6.97. The molecule has 0 spiro atoms. The first-order chi connectivity index (χ1) is 11.6. The van der Waals surface area contributed by atoms with Crippen LogP contribution in [0, 0.1) is 0 Å². The molecule has 0 radical (unpaired) electrons. The molecule has 2 unspecified atom stereocenters. The van der Waals surface area contributed by atoms with Gasteiger partial charge in [0.1, 0.15) is 5.54 Å². The van der Waals surface area contributed by atoms with Crippen molar-refractivity contribution < 1.29 is 4.79 Å². The fraction of sp³-hybridized carbons (Fsp3) is 0.389. The highest BCUT2D eigenvalue weighted by atomic mass is 16.2. The second-order valence-electron chi connectivity index (χ2n) is 6.35. The summed E-state index contributed by atoms with van der Waals surface area (Å²) in [5, 5.41) is 11.1. The SMILES string of the molecule is CC(N)(C(=O)NCC1CCCN1c1cccnn1)c1ccccc1. The minimum absolute atomic E-state index is 0.167. The maximum absolute atomic E-state index is 12.6. The van der Waals surface area contributed by atoms with E-state index in [9.17, 15) is 4.79 Å². The summed E-state index contributed by atoms with van der Waals surface area (Å²) in [5.41, 5.74) is 6.02. The quantitative estimate of drug-likeness (QED) is 0.869. The molecular formula is C18H23N5O. The van der Waals surface area contributed by atoms with Gasteiger partial charge in [-0.2, -0.15) is 5.10 Å². The highest BCUT2D eigenvalue weighted by molar-refractivity contribution is 5.87. The van der Waals surface area contributed by atoms with Crippen molar-refractivity contribution in [3.8, 4) is 0 Å². The first-order valence-corrected chi connectivity index (χ1v) is 8.26. The summed E-state index contributed by atoms with van der Waals surface area (Å²) in [5.74, 6) is 0.688. The summed E-state index contributed by atoms with van der Waals surface area (Å²) >= 11 is 0. The van der Waals surface area contributed by atoms with Gasteiger partial charge in [-0.1, -0.05) is 30.3 Å². The second-order valence-corrected chi connectivity index (χ2v) is 6.35. The van der Waals surface area contributed by atoms with Crippen molar-refractivity contribution in [2.45, 2.75) is 31.3 Å². The van der Waals surface area contributed by atoms with Gasteiger partial charge in [-0.25, -0.2) is 0 Å². The Labute approximate surface area is 142 Å². The number of carbonyl (C=O) groups excluding carboxylic acids is 1. The molecule has 1 saturated heterocycles. The van der Waals surface area contributed by atoms with Gasteiger partial charge in [-0.3, -0.25) is 4.79 Å². The molecule has 1 fully saturated rings. The summed E-state index contributed by atoms with van der Waals surface area (Å²) in [7, 11) is 0. The van der Waals surface area contributed by atoms with Gasteiger partial charge >= 0.3 is 0 Å². The van der Waals surface area contributed by atoms with E-state index in [2.05, 4.69) is 20.4 Å². The Kier molecular flexibility index (Phi) is 4.76. The minimum atomic E-state index is -1.04. The zero-order valence-corrected chi connectivity index (χ0v) is 13.9. The third kappa shape index (κ3) is 3.38. The van der Waals surface area contributed by atoms with E-state index in [-0.39, 0.29) is 11.9 Å². The molecule has 1 aromatic carbocycles. The molecular weight excluding hydrogens is 302 g/mol. The van der Waals surface area contributed by atoms with Crippen molar-refractivity contribution in [1.82, 2.24) is 15.5 Å². The van der Waals surface area contributed by atoms with E-state index in [1.807, 2.05) is 42.5 Å². The van der Waals surface area contributed by atoms with Crippen LogP contribution in [0.4, 0.5) is 5.82 Å². The average molecular weight is 325 g/mol. The number of nitrogens with zero attached hydrogens (tertiary/aromatic N) is 3. The largest absolute Gasteiger partial charge is 0.352 e. The Hall–Kier alpha value is -2.47. The highest BCUT2D eigenvalue weighted by Crippen LogP contribution is 2.23. The molecule has 1 aromatic heterocycles. The standard InChI is InChI=1S/C18H23N5O/c1-18(19,14-7-3-2-4-8-14)17(24)20-13-15-9-6-12-23(15)16-10-5-11-21-22-16/h2-5,7-8,10-11,15H,6,9,12-13,19H2,1H3,(H,20,24). The van der Waals surface area contributed by atoms with Crippen LogP contribution >= 0.6 is 0 Å². The van der Waals surface area contributed by atoms with Gasteiger partial charge in [0, 0.05) is 25.3 Å². The maximum Gasteiger partial charge on any atom is 0.244 e. The molecule has 2 heterocycles. The molecule has 3 rings (SSSR count). The van der Waals surface area contributed by atoms with Crippen LogP contribution in [0.3, 0.4) is 0 Å². The molecule has 0 aliphatic carbocycles. The monoisotopic (exact) mass is 325 g/mol. The molecule has 126 valence electrons. The van der Waals surface area contributed by atoms with E-state index in [0.29, 0.717) is 6.54 Å². The van der Waals surface area contributed by atoms with Crippen LogP contribution in [0.2, 0.25) is 0 Å². The smallest absolute Gasteiger partial charge is 0.244 e. The number of hydrogen-bond acceptors (Lipinski definition) is 5. The minimum Gasteiger partial charge on any atom is -0.352 e. The number of carbonyl (C=O) groups is 1. The van der Waals surface area contributed by atoms with Crippen LogP contribution in [-0.4, -0.2) is 35.2 Å². The highest BCUT2D eigenvalue weighted by Gasteiger charge is 2.32. The van der Waals surface area contributed by atoms with Crippen molar-refractivity contribution in [2.75, 3.05) is 18.0 Å². The Morgan fingerprint density at radius 3 is 2.83 bits per heavy atom. The van der Waals surface area contributed by atoms with Gasteiger partial charge < -0.3 is 16.0 Å². The predicted molar refractivity (Wildman–Crippen MR) is 93.4 cm³/mol. The van der Waals surface area contributed by atoms with E-state index in [1.165, 1.54) is 0 Å². The third-order valence-corrected chi connectivity index (χ3v) is 4.57. The van der Waals surface area contributed by atoms with Crippen LogP contribution in [-0.2, 0) is 10.3 Å². The van der Waals surface area contributed by atoms with Gasteiger partial charge in [0.05, 0.1) is 0 Å². The lowest BCUT2D eigenvalue weighted by molar-refractivity contribution is -0.126. The molecule has 1 aliphatic rings. The lowest BCUT2D eigenvalue weighted by atomic mass is 9.92. The van der Waals surface area contributed by atoms with Crippen LogP contribution in [0.15, 0.2) is 48.7 Å². The number of hydrogen-bond donors (Lipinski definition) is 2. The molecule has 0 saturated carbocycles. The fourth-order valence-electron chi connectivity index (χ4n) is 3.11. The van der Waals surface area contributed by atoms with Crippen molar-refractivity contribution >= 4 is 11.7 Å². The molecule has 2 aromatic rings. The van der Waals surface area contributed by atoms with Gasteiger partial charge in [0.2, 0.25) is 5.91 Å². The molecule has 6 nitrogen and oxygen atoms in total. The number of nitrogens with one attached hydrogen (secondary N) is 1. The van der Waals surface area contributed by atoms with E-state index in [1.54, 1.807) is 13.1 Å². The Bertz CT molecular complexity index is 674. The topological polar surface area (TPSA) is 84.1 Å². The van der Waals surface area contributed by atoms with Crippen molar-refractivity contribution in [1.29, 1.82) is 0 Å². The Morgan fingerprint density at radius 2 is 2.12 bits per heavy atom. The molecule has 0 bridgehead atoms. The van der Waals surface area contributed by atoms with E-state index >= 15 is 0 Å². The third-order valence-electron chi connectivity index (χ3n) is 4.57. The van der Waals surface area contributed by atoms with Gasteiger partial charge in [-0.15, -0.1) is 5.10 Å². The molecule has 1 aliphatic heterocycles.